The molecule has 3 rings (SSSR count). The molecule has 0 aliphatic carbocycles. The monoisotopic (exact) mass is 359 g/mol. The molecule has 0 atom stereocenters. The molecule has 2 N–H and O–H groups in total. The average molecular weight is 360 g/mol. The zero-order chi connectivity index (χ0) is 18.6. The molecule has 132 valence electrons. The van der Waals surface area contributed by atoms with Gasteiger partial charge in [0.2, 0.25) is 9.76 Å². The van der Waals surface area contributed by atoms with Crippen LogP contribution in [0.4, 0.5) is 5.69 Å². The smallest absolute Gasteiger partial charge is 0.237 e. The quantitative estimate of drug-likeness (QED) is 0.375. The van der Waals surface area contributed by atoms with E-state index >= 15 is 0 Å². The Balaban J connectivity index is 2.25. The van der Waals surface area contributed by atoms with Gasteiger partial charge in [0.1, 0.15) is 5.60 Å². The number of hydrogen-bond donors (Lipinski definition) is 1. The number of benzene rings is 3. The summed E-state index contributed by atoms with van der Waals surface area (Å²) in [6.07, 6.45) is 0. The van der Waals surface area contributed by atoms with Gasteiger partial charge >= 0.3 is 0 Å². The Morgan fingerprint density at radius 3 is 1.50 bits per heavy atom. The molecule has 2 nitrogen and oxygen atoms in total. The topological polar surface area (TPSA) is 35.2 Å². The number of anilines is 1. The Bertz CT molecular complexity index is 784. The maximum atomic E-state index is 6.78. The predicted molar refractivity (Wildman–Crippen MR) is 110 cm³/mol. The van der Waals surface area contributed by atoms with Gasteiger partial charge in [0.25, 0.3) is 0 Å². The third-order valence-corrected chi connectivity index (χ3v) is 5.21. The standard InChI is InChI=1S/C23H25NOSi/c1-22(2,3)26-25-23(18-10-6-4-7-11-18,19-12-8-5-9-13-19)20-14-16-21(24)17-15-20/h4-17H,24H2,1-3H3. The van der Waals surface area contributed by atoms with Gasteiger partial charge in [-0.1, -0.05) is 93.6 Å². The molecule has 3 aromatic carbocycles. The molecule has 0 bridgehead atoms. The molecule has 26 heavy (non-hydrogen) atoms. The van der Waals surface area contributed by atoms with Gasteiger partial charge in [-0.2, -0.15) is 0 Å². The minimum absolute atomic E-state index is 0.0720. The molecule has 2 radical (unpaired) electrons. The summed E-state index contributed by atoms with van der Waals surface area (Å²) in [5, 5.41) is 0.0720. The van der Waals surface area contributed by atoms with Gasteiger partial charge in [0.15, 0.2) is 0 Å². The zero-order valence-corrected chi connectivity index (χ0v) is 16.6. The molecule has 0 heterocycles. The Hall–Kier alpha value is -2.36. The van der Waals surface area contributed by atoms with Crippen LogP contribution >= 0.6 is 0 Å². The van der Waals surface area contributed by atoms with Crippen LogP contribution in [0.2, 0.25) is 5.04 Å². The molecule has 0 unspecified atom stereocenters. The van der Waals surface area contributed by atoms with Crippen molar-refractivity contribution in [2.75, 3.05) is 5.73 Å². The van der Waals surface area contributed by atoms with Crippen LogP contribution < -0.4 is 5.73 Å². The van der Waals surface area contributed by atoms with E-state index in [9.17, 15) is 0 Å². The Labute approximate surface area is 159 Å². The Kier molecular flexibility index (Phi) is 5.30. The summed E-state index contributed by atoms with van der Waals surface area (Å²) in [5.41, 5.74) is 9.36. The first-order valence-corrected chi connectivity index (χ1v) is 9.75. The first-order chi connectivity index (χ1) is 12.4. The fourth-order valence-corrected chi connectivity index (χ4v) is 3.78. The van der Waals surface area contributed by atoms with Crippen LogP contribution in [0.15, 0.2) is 84.9 Å². The van der Waals surface area contributed by atoms with Crippen molar-refractivity contribution >= 4 is 15.5 Å². The predicted octanol–water partition coefficient (Wildman–Crippen LogP) is 5.41. The summed E-state index contributed by atoms with van der Waals surface area (Å²) in [5.74, 6) is 0. The van der Waals surface area contributed by atoms with Crippen molar-refractivity contribution in [3.05, 3.63) is 102 Å². The second-order valence-electron chi connectivity index (χ2n) is 7.49. The largest absolute Gasteiger partial charge is 0.400 e. The van der Waals surface area contributed by atoms with Gasteiger partial charge in [-0.25, -0.2) is 0 Å². The molecular weight excluding hydrogens is 334 g/mol. The third kappa shape index (κ3) is 3.90. The number of hydrogen-bond acceptors (Lipinski definition) is 2. The van der Waals surface area contributed by atoms with Crippen molar-refractivity contribution in [2.45, 2.75) is 31.4 Å². The first kappa shape index (κ1) is 18.4. The SMILES string of the molecule is CC(C)(C)[Si]OC(c1ccccc1)(c1ccccc1)c1ccc(N)cc1. The second kappa shape index (κ2) is 7.48. The summed E-state index contributed by atoms with van der Waals surface area (Å²) in [7, 11) is 0.336. The molecular formula is C23H25NOSi. The summed E-state index contributed by atoms with van der Waals surface area (Å²) < 4.78 is 6.78. The normalized spacial score (nSPS) is 12.1. The number of nitrogens with two attached hydrogens (primary N) is 1. The van der Waals surface area contributed by atoms with E-state index in [1.165, 1.54) is 0 Å². The Morgan fingerprint density at radius 2 is 1.08 bits per heavy atom. The van der Waals surface area contributed by atoms with E-state index in [0.29, 0.717) is 9.76 Å². The van der Waals surface area contributed by atoms with Gasteiger partial charge in [0, 0.05) is 5.69 Å². The molecule has 3 aromatic rings. The molecule has 3 heteroatoms. The Morgan fingerprint density at radius 1 is 0.654 bits per heavy atom. The van der Waals surface area contributed by atoms with Crippen LogP contribution in [-0.4, -0.2) is 9.76 Å². The molecule has 0 amide bonds. The minimum atomic E-state index is -0.665. The highest BCUT2D eigenvalue weighted by atomic mass is 28.2. The minimum Gasteiger partial charge on any atom is -0.400 e. The fraction of sp³-hybridized carbons (Fsp3) is 0.217. The molecule has 0 aromatic heterocycles. The van der Waals surface area contributed by atoms with Crippen molar-refractivity contribution in [1.82, 2.24) is 0 Å². The van der Waals surface area contributed by atoms with Crippen molar-refractivity contribution < 1.29 is 4.43 Å². The van der Waals surface area contributed by atoms with E-state index in [-0.39, 0.29) is 5.04 Å². The van der Waals surface area contributed by atoms with Crippen LogP contribution in [0, 0.1) is 0 Å². The first-order valence-electron chi connectivity index (χ1n) is 8.84. The van der Waals surface area contributed by atoms with E-state index in [2.05, 4.69) is 81.4 Å². The van der Waals surface area contributed by atoms with Crippen molar-refractivity contribution in [1.29, 1.82) is 0 Å². The van der Waals surface area contributed by atoms with Gasteiger partial charge < -0.3 is 10.2 Å². The van der Waals surface area contributed by atoms with Gasteiger partial charge in [0.05, 0.1) is 0 Å². The third-order valence-electron chi connectivity index (χ3n) is 4.19. The lowest BCUT2D eigenvalue weighted by atomic mass is 9.80. The maximum absolute atomic E-state index is 6.78. The van der Waals surface area contributed by atoms with Crippen LogP contribution in [-0.2, 0) is 10.0 Å². The van der Waals surface area contributed by atoms with E-state index in [1.54, 1.807) is 0 Å². The van der Waals surface area contributed by atoms with Crippen LogP contribution in [0.1, 0.15) is 37.5 Å². The molecule has 0 aliphatic rings. The number of rotatable bonds is 5. The van der Waals surface area contributed by atoms with E-state index < -0.39 is 5.60 Å². The van der Waals surface area contributed by atoms with Crippen LogP contribution in [0.3, 0.4) is 0 Å². The molecule has 0 saturated heterocycles. The molecule has 0 spiro atoms. The average Bonchev–Trinajstić information content (AvgIpc) is 2.64. The van der Waals surface area contributed by atoms with Gasteiger partial charge in [-0.3, -0.25) is 0 Å². The maximum Gasteiger partial charge on any atom is 0.237 e. The fourth-order valence-electron chi connectivity index (χ4n) is 2.97. The summed E-state index contributed by atoms with van der Waals surface area (Å²) >= 11 is 0. The highest BCUT2D eigenvalue weighted by molar-refractivity contribution is 6.32. The highest BCUT2D eigenvalue weighted by Gasteiger charge is 2.38. The van der Waals surface area contributed by atoms with Gasteiger partial charge in [-0.15, -0.1) is 0 Å². The van der Waals surface area contributed by atoms with Gasteiger partial charge in [-0.05, 0) is 33.9 Å². The summed E-state index contributed by atoms with van der Waals surface area (Å²) in [6.45, 7) is 6.61. The van der Waals surface area contributed by atoms with E-state index in [4.69, 9.17) is 10.2 Å². The molecule has 0 aliphatic heterocycles. The summed E-state index contributed by atoms with van der Waals surface area (Å²) in [4.78, 5) is 0. The molecule has 0 fully saturated rings. The zero-order valence-electron chi connectivity index (χ0n) is 15.6. The highest BCUT2D eigenvalue weighted by Crippen LogP contribution is 2.42. The van der Waals surface area contributed by atoms with E-state index in [1.807, 2.05) is 24.3 Å². The van der Waals surface area contributed by atoms with Crippen molar-refractivity contribution in [2.24, 2.45) is 0 Å². The van der Waals surface area contributed by atoms with Crippen LogP contribution in [0.25, 0.3) is 0 Å². The number of nitrogen functional groups attached to an aromatic ring is 1. The lowest BCUT2D eigenvalue weighted by Gasteiger charge is -2.38. The summed E-state index contributed by atoms with van der Waals surface area (Å²) in [6, 6.07) is 28.9. The molecule has 0 saturated carbocycles. The van der Waals surface area contributed by atoms with Crippen molar-refractivity contribution in [3.8, 4) is 0 Å². The van der Waals surface area contributed by atoms with E-state index in [0.717, 1.165) is 22.4 Å². The second-order valence-corrected chi connectivity index (χ2v) is 9.40. The lowest BCUT2D eigenvalue weighted by Crippen LogP contribution is -2.36. The lowest BCUT2D eigenvalue weighted by molar-refractivity contribution is 0.157. The van der Waals surface area contributed by atoms with Crippen LogP contribution in [0.5, 0.6) is 0 Å². The van der Waals surface area contributed by atoms with Crippen molar-refractivity contribution in [3.63, 3.8) is 0 Å².